The molecule has 1 aliphatic rings. The molecule has 0 unspecified atom stereocenters. The van der Waals surface area contributed by atoms with E-state index in [1.165, 1.54) is 23.9 Å². The van der Waals surface area contributed by atoms with Crippen molar-refractivity contribution in [2.24, 2.45) is 0 Å². The highest BCUT2D eigenvalue weighted by atomic mass is 32.2. The highest BCUT2D eigenvalue weighted by Crippen LogP contribution is 2.25. The van der Waals surface area contributed by atoms with Gasteiger partial charge in [-0.3, -0.25) is 4.79 Å². The molecule has 6 nitrogen and oxygen atoms in total. The van der Waals surface area contributed by atoms with Gasteiger partial charge in [0.25, 0.3) is 5.78 Å². The summed E-state index contributed by atoms with van der Waals surface area (Å²) in [5.41, 5.74) is 3.69. The van der Waals surface area contributed by atoms with E-state index in [4.69, 9.17) is 0 Å². The standard InChI is InChI=1S/C23H28FN5OS/c1-15-20(16(2)29-22(25-15)26-23(27-29)31-3)14-21(30)28(19-6-4-5-7-19)13-12-17-8-10-18(24)11-9-17/h8-11,19H,4-7,12-14H2,1-3H3. The first-order valence-corrected chi connectivity index (χ1v) is 12.0. The fourth-order valence-corrected chi connectivity index (χ4v) is 4.75. The maximum atomic E-state index is 13.5. The molecular weight excluding hydrogens is 413 g/mol. The van der Waals surface area contributed by atoms with Crippen molar-refractivity contribution < 1.29 is 9.18 Å². The lowest BCUT2D eigenvalue weighted by Gasteiger charge is -2.29. The van der Waals surface area contributed by atoms with Crippen molar-refractivity contribution in [2.75, 3.05) is 12.8 Å². The van der Waals surface area contributed by atoms with Crippen molar-refractivity contribution >= 4 is 23.4 Å². The molecule has 8 heteroatoms. The molecule has 0 bridgehead atoms. The van der Waals surface area contributed by atoms with Gasteiger partial charge in [-0.05, 0) is 57.1 Å². The van der Waals surface area contributed by atoms with E-state index in [-0.39, 0.29) is 17.8 Å². The Labute approximate surface area is 186 Å². The molecule has 2 heterocycles. The Balaban J connectivity index is 1.56. The van der Waals surface area contributed by atoms with Crippen molar-refractivity contribution in [3.63, 3.8) is 0 Å². The lowest BCUT2D eigenvalue weighted by Crippen LogP contribution is -2.41. The Kier molecular flexibility index (Phi) is 6.55. The molecule has 3 aromatic rings. The van der Waals surface area contributed by atoms with Gasteiger partial charge in [0.05, 0.1) is 6.42 Å². The molecule has 1 fully saturated rings. The SMILES string of the molecule is CSc1nc2nc(C)c(CC(=O)N(CCc3ccc(F)cc3)C3CCCC3)c(C)n2n1. The summed E-state index contributed by atoms with van der Waals surface area (Å²) in [5, 5.41) is 5.17. The van der Waals surface area contributed by atoms with E-state index < -0.39 is 0 Å². The zero-order valence-electron chi connectivity index (χ0n) is 18.3. The van der Waals surface area contributed by atoms with Crippen molar-refractivity contribution in [1.82, 2.24) is 24.5 Å². The average Bonchev–Trinajstić information content (AvgIpc) is 3.42. The van der Waals surface area contributed by atoms with E-state index in [9.17, 15) is 9.18 Å². The highest BCUT2D eigenvalue weighted by molar-refractivity contribution is 7.98. The van der Waals surface area contributed by atoms with Gasteiger partial charge >= 0.3 is 0 Å². The first-order valence-electron chi connectivity index (χ1n) is 10.8. The molecule has 0 radical (unpaired) electrons. The zero-order chi connectivity index (χ0) is 22.0. The third-order valence-electron chi connectivity index (χ3n) is 6.18. The van der Waals surface area contributed by atoms with Gasteiger partial charge in [0.2, 0.25) is 11.1 Å². The molecule has 1 saturated carbocycles. The van der Waals surface area contributed by atoms with Crippen molar-refractivity contribution in [3.8, 4) is 0 Å². The minimum absolute atomic E-state index is 0.117. The quantitative estimate of drug-likeness (QED) is 0.515. The normalized spacial score (nSPS) is 14.5. The number of aryl methyl sites for hydroxylation is 2. The van der Waals surface area contributed by atoms with Crippen LogP contribution >= 0.6 is 11.8 Å². The molecule has 2 aromatic heterocycles. The van der Waals surface area contributed by atoms with E-state index in [1.54, 1.807) is 16.6 Å². The number of thioether (sulfide) groups is 1. The minimum Gasteiger partial charge on any atom is -0.339 e. The molecule has 164 valence electrons. The minimum atomic E-state index is -0.237. The third-order valence-corrected chi connectivity index (χ3v) is 6.72. The number of carbonyl (C=O) groups excluding carboxylic acids is 1. The lowest BCUT2D eigenvalue weighted by molar-refractivity contribution is -0.132. The fraction of sp³-hybridized carbons (Fsp3) is 0.478. The largest absolute Gasteiger partial charge is 0.339 e. The van der Waals surface area contributed by atoms with Crippen LogP contribution < -0.4 is 0 Å². The summed E-state index contributed by atoms with van der Waals surface area (Å²) < 4.78 is 15.0. The second-order valence-electron chi connectivity index (χ2n) is 8.15. The maximum absolute atomic E-state index is 13.5. The maximum Gasteiger partial charge on any atom is 0.253 e. The van der Waals surface area contributed by atoms with E-state index in [0.717, 1.165) is 54.6 Å². The molecule has 1 amide bonds. The van der Waals surface area contributed by atoms with Crippen LogP contribution in [0, 0.1) is 19.7 Å². The summed E-state index contributed by atoms with van der Waals surface area (Å²) >= 11 is 1.47. The van der Waals surface area contributed by atoms with Crippen molar-refractivity contribution in [2.45, 2.75) is 63.6 Å². The molecule has 0 aliphatic heterocycles. The van der Waals surface area contributed by atoms with Crippen LogP contribution in [0.2, 0.25) is 0 Å². The van der Waals surface area contributed by atoms with Crippen LogP contribution in [-0.2, 0) is 17.6 Å². The Morgan fingerprint density at radius 3 is 2.58 bits per heavy atom. The smallest absolute Gasteiger partial charge is 0.253 e. The monoisotopic (exact) mass is 441 g/mol. The average molecular weight is 442 g/mol. The van der Waals surface area contributed by atoms with Crippen LogP contribution in [-0.4, -0.2) is 49.2 Å². The van der Waals surface area contributed by atoms with Gasteiger partial charge < -0.3 is 4.90 Å². The second-order valence-corrected chi connectivity index (χ2v) is 8.92. The van der Waals surface area contributed by atoms with Crippen LogP contribution in [0.25, 0.3) is 5.78 Å². The molecule has 0 atom stereocenters. The summed E-state index contributed by atoms with van der Waals surface area (Å²) in [7, 11) is 0. The molecule has 0 N–H and O–H groups in total. The molecule has 4 rings (SSSR count). The molecule has 0 spiro atoms. The van der Waals surface area contributed by atoms with E-state index in [1.807, 2.05) is 25.0 Å². The molecule has 1 aromatic carbocycles. The van der Waals surface area contributed by atoms with Gasteiger partial charge in [-0.25, -0.2) is 13.9 Å². The van der Waals surface area contributed by atoms with Gasteiger partial charge in [0.1, 0.15) is 5.82 Å². The van der Waals surface area contributed by atoms with Crippen molar-refractivity contribution in [3.05, 3.63) is 52.6 Å². The number of halogens is 1. The number of carbonyl (C=O) groups is 1. The molecule has 1 aliphatic carbocycles. The lowest BCUT2D eigenvalue weighted by atomic mass is 10.1. The highest BCUT2D eigenvalue weighted by Gasteiger charge is 2.27. The van der Waals surface area contributed by atoms with Crippen LogP contribution in [0.3, 0.4) is 0 Å². The molecule has 31 heavy (non-hydrogen) atoms. The summed E-state index contributed by atoms with van der Waals surface area (Å²) in [5.74, 6) is 0.449. The topological polar surface area (TPSA) is 63.4 Å². The first kappa shape index (κ1) is 21.7. The van der Waals surface area contributed by atoms with Gasteiger partial charge in [-0.1, -0.05) is 36.7 Å². The van der Waals surface area contributed by atoms with Gasteiger partial charge in [-0.15, -0.1) is 5.10 Å². The van der Waals surface area contributed by atoms with Crippen LogP contribution in [0.15, 0.2) is 29.4 Å². The first-order chi connectivity index (χ1) is 15.0. The Bertz CT molecular complexity index is 1080. The Morgan fingerprint density at radius 2 is 1.90 bits per heavy atom. The van der Waals surface area contributed by atoms with Gasteiger partial charge in [0, 0.05) is 29.5 Å². The number of amides is 1. The number of aromatic nitrogens is 4. The Hall–Kier alpha value is -2.48. The second kappa shape index (κ2) is 9.34. The predicted octanol–water partition coefficient (Wildman–Crippen LogP) is 4.16. The van der Waals surface area contributed by atoms with Crippen molar-refractivity contribution in [1.29, 1.82) is 0 Å². The Morgan fingerprint density at radius 1 is 1.19 bits per heavy atom. The third kappa shape index (κ3) is 4.74. The van der Waals surface area contributed by atoms with Gasteiger partial charge in [0.15, 0.2) is 0 Å². The van der Waals surface area contributed by atoms with Crippen LogP contribution in [0.5, 0.6) is 0 Å². The van der Waals surface area contributed by atoms with Crippen LogP contribution in [0.1, 0.15) is 48.2 Å². The zero-order valence-corrected chi connectivity index (χ0v) is 19.1. The summed E-state index contributed by atoms with van der Waals surface area (Å²) in [6.07, 6.45) is 7.37. The number of hydrogen-bond acceptors (Lipinski definition) is 5. The van der Waals surface area contributed by atoms with E-state index >= 15 is 0 Å². The predicted molar refractivity (Wildman–Crippen MR) is 120 cm³/mol. The van der Waals surface area contributed by atoms with E-state index in [2.05, 4.69) is 15.1 Å². The number of benzene rings is 1. The summed E-state index contributed by atoms with van der Waals surface area (Å²) in [6, 6.07) is 6.83. The number of rotatable bonds is 7. The van der Waals surface area contributed by atoms with Gasteiger partial charge in [-0.2, -0.15) is 4.98 Å². The fourth-order valence-electron chi connectivity index (χ4n) is 4.41. The molecule has 0 saturated heterocycles. The number of fused-ring (bicyclic) bond motifs is 1. The van der Waals surface area contributed by atoms with E-state index in [0.29, 0.717) is 23.9 Å². The molecular formula is C23H28FN5OS. The summed E-state index contributed by atoms with van der Waals surface area (Å²) in [4.78, 5) is 24.5. The van der Waals surface area contributed by atoms with Crippen LogP contribution in [0.4, 0.5) is 4.39 Å². The number of hydrogen-bond donors (Lipinski definition) is 0. The summed E-state index contributed by atoms with van der Waals surface area (Å²) in [6.45, 7) is 4.55. The number of nitrogens with zero attached hydrogens (tertiary/aromatic N) is 5.